The molecule has 1 aliphatic carbocycles. The molecular formula is C18H19N5OS. The van der Waals surface area contributed by atoms with Crippen LogP contribution in [0.25, 0.3) is 11.3 Å². The van der Waals surface area contributed by atoms with Crippen molar-refractivity contribution in [1.82, 2.24) is 19.3 Å². The molecule has 0 fully saturated rings. The van der Waals surface area contributed by atoms with E-state index in [0.29, 0.717) is 5.56 Å². The third kappa shape index (κ3) is 2.64. The van der Waals surface area contributed by atoms with Gasteiger partial charge in [-0.15, -0.1) is 11.3 Å². The molecule has 0 bridgehead atoms. The summed E-state index contributed by atoms with van der Waals surface area (Å²) in [4.78, 5) is 23.1. The van der Waals surface area contributed by atoms with Crippen molar-refractivity contribution in [3.05, 3.63) is 51.2 Å². The van der Waals surface area contributed by atoms with Gasteiger partial charge in [-0.2, -0.15) is 10.1 Å². The van der Waals surface area contributed by atoms with E-state index in [-0.39, 0.29) is 5.91 Å². The maximum atomic E-state index is 12.5. The molecule has 0 spiro atoms. The minimum atomic E-state index is -0.250. The molecule has 0 N–H and O–H groups in total. The number of pyridine rings is 1. The largest absolute Gasteiger partial charge is 0.316 e. The lowest BCUT2D eigenvalue weighted by Gasteiger charge is -2.15. The van der Waals surface area contributed by atoms with Gasteiger partial charge in [-0.1, -0.05) is 0 Å². The molecule has 4 rings (SSSR count). The average molecular weight is 353 g/mol. The molecule has 7 heteroatoms. The molecule has 0 atom stereocenters. The van der Waals surface area contributed by atoms with Crippen LogP contribution in [0.15, 0.2) is 29.5 Å². The van der Waals surface area contributed by atoms with Crippen LogP contribution >= 0.6 is 11.3 Å². The number of carbonyl (C=O) groups is 1. The fourth-order valence-corrected chi connectivity index (χ4v) is 4.44. The Morgan fingerprint density at radius 2 is 2.16 bits per heavy atom. The topological polar surface area (TPSA) is 65.1 Å². The molecule has 0 saturated carbocycles. The van der Waals surface area contributed by atoms with Gasteiger partial charge >= 0.3 is 0 Å². The van der Waals surface area contributed by atoms with E-state index in [1.165, 1.54) is 10.6 Å². The lowest BCUT2D eigenvalue weighted by atomic mass is 10.00. The van der Waals surface area contributed by atoms with Crippen molar-refractivity contribution in [2.75, 3.05) is 0 Å². The van der Waals surface area contributed by atoms with Crippen LogP contribution < -0.4 is 4.80 Å². The van der Waals surface area contributed by atoms with Gasteiger partial charge in [-0.05, 0) is 38.8 Å². The molecule has 0 aliphatic heterocycles. The van der Waals surface area contributed by atoms with Gasteiger partial charge in [0.15, 0.2) is 4.80 Å². The molecule has 0 unspecified atom stereocenters. The third-order valence-corrected chi connectivity index (χ3v) is 5.69. The number of fused-ring (bicyclic) bond motifs is 3. The standard InChI is InChI=1S/C18H19N5OS/c1-4-23-16-13-10-20-22(3)14(13)7-8-15(16)25-18(23)21-17(24)12-6-5-11(2)19-9-12/h5-6,9-10H,4,7-8H2,1-3H3. The highest BCUT2D eigenvalue weighted by Gasteiger charge is 2.25. The van der Waals surface area contributed by atoms with Crippen LogP contribution in [0.3, 0.4) is 0 Å². The zero-order valence-electron chi connectivity index (χ0n) is 14.5. The normalized spacial score (nSPS) is 13.6. The summed E-state index contributed by atoms with van der Waals surface area (Å²) in [5.41, 5.74) is 4.97. The third-order valence-electron chi connectivity index (χ3n) is 4.56. The van der Waals surface area contributed by atoms with E-state index < -0.39 is 0 Å². The summed E-state index contributed by atoms with van der Waals surface area (Å²) in [6.07, 6.45) is 5.44. The van der Waals surface area contributed by atoms with Gasteiger partial charge in [0.1, 0.15) is 0 Å². The highest BCUT2D eigenvalue weighted by Crippen LogP contribution is 2.34. The van der Waals surface area contributed by atoms with Gasteiger partial charge in [0.25, 0.3) is 5.91 Å². The molecule has 6 nitrogen and oxygen atoms in total. The van der Waals surface area contributed by atoms with E-state index >= 15 is 0 Å². The number of thiazole rings is 1. The van der Waals surface area contributed by atoms with Gasteiger partial charge in [0.05, 0.1) is 17.5 Å². The zero-order chi connectivity index (χ0) is 17.6. The molecule has 1 amide bonds. The van der Waals surface area contributed by atoms with Crippen LogP contribution in [0.2, 0.25) is 0 Å². The second-order valence-electron chi connectivity index (χ2n) is 6.13. The predicted molar refractivity (Wildman–Crippen MR) is 96.5 cm³/mol. The number of carbonyl (C=O) groups excluding carboxylic acids is 1. The minimum absolute atomic E-state index is 0.250. The van der Waals surface area contributed by atoms with E-state index in [1.807, 2.05) is 30.9 Å². The van der Waals surface area contributed by atoms with Gasteiger partial charge in [0, 0.05) is 41.6 Å². The second kappa shape index (κ2) is 6.07. The van der Waals surface area contributed by atoms with Crippen LogP contribution in [0.4, 0.5) is 0 Å². The van der Waals surface area contributed by atoms with Gasteiger partial charge in [0.2, 0.25) is 0 Å². The quantitative estimate of drug-likeness (QED) is 0.711. The molecule has 25 heavy (non-hydrogen) atoms. The van der Waals surface area contributed by atoms with E-state index in [1.54, 1.807) is 23.6 Å². The monoisotopic (exact) mass is 353 g/mol. The molecule has 0 aromatic carbocycles. The lowest BCUT2D eigenvalue weighted by Crippen LogP contribution is -2.18. The highest BCUT2D eigenvalue weighted by atomic mass is 32.1. The van der Waals surface area contributed by atoms with Crippen LogP contribution in [-0.4, -0.2) is 25.2 Å². The van der Waals surface area contributed by atoms with Crippen molar-refractivity contribution in [2.45, 2.75) is 33.2 Å². The van der Waals surface area contributed by atoms with Crippen molar-refractivity contribution >= 4 is 17.2 Å². The Labute approximate surface area is 149 Å². The van der Waals surface area contributed by atoms with Crippen LogP contribution in [0.5, 0.6) is 0 Å². The summed E-state index contributed by atoms with van der Waals surface area (Å²) >= 11 is 1.60. The summed E-state index contributed by atoms with van der Waals surface area (Å²) in [6, 6.07) is 3.61. The zero-order valence-corrected chi connectivity index (χ0v) is 15.3. The number of hydrogen-bond donors (Lipinski definition) is 0. The Morgan fingerprint density at radius 1 is 1.32 bits per heavy atom. The van der Waals surface area contributed by atoms with Crippen molar-refractivity contribution in [2.24, 2.45) is 12.0 Å². The maximum absolute atomic E-state index is 12.5. The van der Waals surface area contributed by atoms with E-state index in [0.717, 1.165) is 41.1 Å². The fourth-order valence-electron chi connectivity index (χ4n) is 3.24. The van der Waals surface area contributed by atoms with Crippen molar-refractivity contribution in [3.63, 3.8) is 0 Å². The Hall–Kier alpha value is -2.54. The average Bonchev–Trinajstić information content (AvgIpc) is 3.15. The summed E-state index contributed by atoms with van der Waals surface area (Å²) in [7, 11) is 1.98. The number of aryl methyl sites for hydroxylation is 3. The Bertz CT molecular complexity index is 1020. The SMILES string of the molecule is CCn1c2c(sc1=NC(=O)c1ccc(C)nc1)CCc1c-2cnn1C. The maximum Gasteiger partial charge on any atom is 0.281 e. The van der Waals surface area contributed by atoms with Gasteiger partial charge < -0.3 is 4.57 Å². The first kappa shape index (κ1) is 16.0. The van der Waals surface area contributed by atoms with E-state index in [9.17, 15) is 4.79 Å². The summed E-state index contributed by atoms with van der Waals surface area (Å²) in [5, 5.41) is 4.40. The van der Waals surface area contributed by atoms with Gasteiger partial charge in [-0.25, -0.2) is 0 Å². The first-order valence-electron chi connectivity index (χ1n) is 8.34. The summed E-state index contributed by atoms with van der Waals surface area (Å²) in [5.74, 6) is -0.250. The highest BCUT2D eigenvalue weighted by molar-refractivity contribution is 7.09. The number of aromatic nitrogens is 4. The Morgan fingerprint density at radius 3 is 2.88 bits per heavy atom. The number of amides is 1. The molecule has 3 aromatic heterocycles. The second-order valence-corrected chi connectivity index (χ2v) is 7.20. The van der Waals surface area contributed by atoms with Crippen LogP contribution in [-0.2, 0) is 26.4 Å². The Kier molecular flexibility index (Phi) is 3.88. The van der Waals surface area contributed by atoms with E-state index in [2.05, 4.69) is 26.6 Å². The first-order chi connectivity index (χ1) is 12.1. The van der Waals surface area contributed by atoms with Crippen LogP contribution in [0.1, 0.15) is 33.5 Å². The summed E-state index contributed by atoms with van der Waals surface area (Å²) in [6.45, 7) is 4.74. The molecule has 128 valence electrons. The van der Waals surface area contributed by atoms with Crippen molar-refractivity contribution in [1.29, 1.82) is 0 Å². The van der Waals surface area contributed by atoms with E-state index in [4.69, 9.17) is 0 Å². The van der Waals surface area contributed by atoms with Crippen LogP contribution in [0, 0.1) is 6.92 Å². The van der Waals surface area contributed by atoms with Crippen molar-refractivity contribution in [3.8, 4) is 11.3 Å². The fraction of sp³-hybridized carbons (Fsp3) is 0.333. The molecule has 0 saturated heterocycles. The molecule has 3 heterocycles. The number of hydrogen-bond acceptors (Lipinski definition) is 4. The number of rotatable bonds is 2. The molecule has 1 aliphatic rings. The molecular weight excluding hydrogens is 334 g/mol. The lowest BCUT2D eigenvalue weighted by molar-refractivity contribution is 0.0997. The summed E-state index contributed by atoms with van der Waals surface area (Å²) < 4.78 is 4.06. The molecule has 0 radical (unpaired) electrons. The smallest absolute Gasteiger partial charge is 0.281 e. The first-order valence-corrected chi connectivity index (χ1v) is 9.15. The Balaban J connectivity index is 1.83. The molecule has 3 aromatic rings. The minimum Gasteiger partial charge on any atom is -0.316 e. The number of nitrogens with zero attached hydrogens (tertiary/aromatic N) is 5. The van der Waals surface area contributed by atoms with Gasteiger partial charge in [-0.3, -0.25) is 14.5 Å². The predicted octanol–water partition coefficient (Wildman–Crippen LogP) is 2.51. The van der Waals surface area contributed by atoms with Crippen molar-refractivity contribution < 1.29 is 4.79 Å².